The maximum Gasteiger partial charge on any atom is 0.123 e. The van der Waals surface area contributed by atoms with Crippen molar-refractivity contribution in [3.05, 3.63) is 52.5 Å². The second-order valence-corrected chi connectivity index (χ2v) is 4.98. The first kappa shape index (κ1) is 13.1. The molecule has 3 heteroatoms. The Bertz CT molecular complexity index is 540. The fourth-order valence-electron chi connectivity index (χ4n) is 1.95. The van der Waals surface area contributed by atoms with Gasteiger partial charge in [0.05, 0.1) is 7.11 Å². The Morgan fingerprint density at radius 1 is 1.11 bits per heavy atom. The van der Waals surface area contributed by atoms with Crippen LogP contribution in [0.3, 0.4) is 0 Å². The Morgan fingerprint density at radius 3 is 2.56 bits per heavy atom. The molecule has 0 unspecified atom stereocenters. The van der Waals surface area contributed by atoms with Gasteiger partial charge < -0.3 is 10.1 Å². The van der Waals surface area contributed by atoms with Crippen molar-refractivity contribution in [3.8, 4) is 16.9 Å². The maximum atomic E-state index is 5.36. The van der Waals surface area contributed by atoms with E-state index in [4.69, 9.17) is 4.74 Å². The van der Waals surface area contributed by atoms with E-state index >= 15 is 0 Å². The highest BCUT2D eigenvalue weighted by Crippen LogP contribution is 2.28. The van der Waals surface area contributed by atoms with E-state index in [1.807, 2.05) is 25.2 Å². The average Bonchev–Trinajstić information content (AvgIpc) is 2.39. The molecule has 0 spiro atoms. The minimum atomic E-state index is 0.797. The molecule has 0 amide bonds. The molecule has 0 aliphatic rings. The number of ether oxygens (including phenoxy) is 1. The van der Waals surface area contributed by atoms with Crippen molar-refractivity contribution in [2.75, 3.05) is 14.2 Å². The summed E-state index contributed by atoms with van der Waals surface area (Å²) in [5.74, 6) is 0.920. The molecule has 2 aromatic rings. The second kappa shape index (κ2) is 6.03. The summed E-state index contributed by atoms with van der Waals surface area (Å²) >= 11 is 3.50. The summed E-state index contributed by atoms with van der Waals surface area (Å²) in [4.78, 5) is 0. The van der Waals surface area contributed by atoms with Crippen LogP contribution in [0.1, 0.15) is 5.56 Å². The third-order valence-electron chi connectivity index (χ3n) is 2.81. The molecule has 1 N–H and O–H groups in total. The van der Waals surface area contributed by atoms with Gasteiger partial charge in [0.1, 0.15) is 5.75 Å². The lowest BCUT2D eigenvalue weighted by Gasteiger charge is -2.11. The average molecular weight is 306 g/mol. The molecular weight excluding hydrogens is 290 g/mol. The molecule has 2 aromatic carbocycles. The largest absolute Gasteiger partial charge is 0.496 e. The summed E-state index contributed by atoms with van der Waals surface area (Å²) in [7, 11) is 3.64. The summed E-state index contributed by atoms with van der Waals surface area (Å²) in [5, 5.41) is 3.16. The lowest BCUT2D eigenvalue weighted by molar-refractivity contribution is 0.408. The monoisotopic (exact) mass is 305 g/mol. The fourth-order valence-corrected chi connectivity index (χ4v) is 2.35. The molecule has 18 heavy (non-hydrogen) atoms. The summed E-state index contributed by atoms with van der Waals surface area (Å²) < 4.78 is 6.45. The second-order valence-electron chi connectivity index (χ2n) is 4.07. The quantitative estimate of drug-likeness (QED) is 0.926. The Hall–Kier alpha value is -1.32. The zero-order valence-electron chi connectivity index (χ0n) is 10.5. The maximum absolute atomic E-state index is 5.36. The van der Waals surface area contributed by atoms with Crippen LogP contribution >= 0.6 is 15.9 Å². The first-order valence-electron chi connectivity index (χ1n) is 5.82. The Kier molecular flexibility index (Phi) is 4.39. The van der Waals surface area contributed by atoms with Crippen LogP contribution in [0.2, 0.25) is 0 Å². The third kappa shape index (κ3) is 2.92. The zero-order valence-corrected chi connectivity index (χ0v) is 12.1. The smallest absolute Gasteiger partial charge is 0.123 e. The molecular formula is C15H16BrNO. The van der Waals surface area contributed by atoms with Crippen molar-refractivity contribution >= 4 is 15.9 Å². The predicted octanol–water partition coefficient (Wildman–Crippen LogP) is 3.84. The minimum Gasteiger partial charge on any atom is -0.496 e. The van der Waals surface area contributed by atoms with Crippen molar-refractivity contribution in [3.63, 3.8) is 0 Å². The van der Waals surface area contributed by atoms with Gasteiger partial charge in [-0.3, -0.25) is 0 Å². The van der Waals surface area contributed by atoms with Crippen molar-refractivity contribution in [2.45, 2.75) is 6.54 Å². The number of benzene rings is 2. The summed E-state index contributed by atoms with van der Waals surface area (Å²) in [6, 6.07) is 14.6. The van der Waals surface area contributed by atoms with Crippen molar-refractivity contribution in [1.82, 2.24) is 5.32 Å². The molecule has 0 heterocycles. The zero-order chi connectivity index (χ0) is 13.0. The molecule has 94 valence electrons. The van der Waals surface area contributed by atoms with E-state index in [-0.39, 0.29) is 0 Å². The summed E-state index contributed by atoms with van der Waals surface area (Å²) in [6.07, 6.45) is 0. The van der Waals surface area contributed by atoms with E-state index < -0.39 is 0 Å². The van der Waals surface area contributed by atoms with Crippen molar-refractivity contribution < 1.29 is 4.74 Å². The minimum absolute atomic E-state index is 0.797. The van der Waals surface area contributed by atoms with Crippen LogP contribution in [0, 0.1) is 0 Å². The summed E-state index contributed by atoms with van der Waals surface area (Å²) in [5.41, 5.74) is 3.56. The van der Waals surface area contributed by atoms with Gasteiger partial charge >= 0.3 is 0 Å². The van der Waals surface area contributed by atoms with Gasteiger partial charge in [-0.25, -0.2) is 0 Å². The van der Waals surface area contributed by atoms with Gasteiger partial charge in [0, 0.05) is 16.6 Å². The first-order valence-corrected chi connectivity index (χ1v) is 6.61. The predicted molar refractivity (Wildman–Crippen MR) is 78.9 cm³/mol. The molecule has 0 atom stereocenters. The number of rotatable bonds is 4. The SMILES string of the molecule is CNCc1cc(-c2cccc(Br)c2)ccc1OC. The van der Waals surface area contributed by atoms with Crippen molar-refractivity contribution in [1.29, 1.82) is 0 Å². The van der Waals surface area contributed by atoms with Crippen LogP contribution < -0.4 is 10.1 Å². The van der Waals surface area contributed by atoms with Gasteiger partial charge in [-0.1, -0.05) is 34.1 Å². The molecule has 0 radical (unpaired) electrons. The van der Waals surface area contributed by atoms with Crippen LogP contribution in [-0.4, -0.2) is 14.2 Å². The van der Waals surface area contributed by atoms with Gasteiger partial charge in [0.15, 0.2) is 0 Å². The lowest BCUT2D eigenvalue weighted by atomic mass is 10.0. The van der Waals surface area contributed by atoms with E-state index in [9.17, 15) is 0 Å². The van der Waals surface area contributed by atoms with Gasteiger partial charge in [-0.2, -0.15) is 0 Å². The van der Waals surface area contributed by atoms with E-state index in [1.54, 1.807) is 7.11 Å². The highest BCUT2D eigenvalue weighted by molar-refractivity contribution is 9.10. The van der Waals surface area contributed by atoms with Crippen molar-refractivity contribution in [2.24, 2.45) is 0 Å². The third-order valence-corrected chi connectivity index (χ3v) is 3.30. The van der Waals surface area contributed by atoms with Crippen LogP contribution in [-0.2, 0) is 6.54 Å². The highest BCUT2D eigenvalue weighted by atomic mass is 79.9. The molecule has 0 saturated carbocycles. The molecule has 0 aliphatic carbocycles. The number of nitrogens with one attached hydrogen (secondary N) is 1. The standard InChI is InChI=1S/C15H16BrNO/c1-17-10-13-8-12(6-7-15(13)18-2)11-4-3-5-14(16)9-11/h3-9,17H,10H2,1-2H3. The Morgan fingerprint density at radius 2 is 1.89 bits per heavy atom. The Labute approximate surface area is 116 Å². The van der Waals surface area contributed by atoms with Crippen LogP contribution in [0.4, 0.5) is 0 Å². The summed E-state index contributed by atoms with van der Waals surface area (Å²) in [6.45, 7) is 0.797. The Balaban J connectivity index is 2.43. The van der Waals surface area contributed by atoms with Crippen LogP contribution in [0.15, 0.2) is 46.9 Å². The molecule has 0 fully saturated rings. The molecule has 2 rings (SSSR count). The van der Waals surface area contributed by atoms with Gasteiger partial charge in [0.2, 0.25) is 0 Å². The van der Waals surface area contributed by atoms with Gasteiger partial charge in [-0.05, 0) is 42.4 Å². The number of hydrogen-bond donors (Lipinski definition) is 1. The number of halogens is 1. The topological polar surface area (TPSA) is 21.3 Å². The van der Waals surface area contributed by atoms with Gasteiger partial charge in [0.25, 0.3) is 0 Å². The van der Waals surface area contributed by atoms with Gasteiger partial charge in [-0.15, -0.1) is 0 Å². The number of hydrogen-bond acceptors (Lipinski definition) is 2. The lowest BCUT2D eigenvalue weighted by Crippen LogP contribution is -2.06. The molecule has 0 bridgehead atoms. The van der Waals surface area contributed by atoms with Crippen LogP contribution in [0.5, 0.6) is 5.75 Å². The molecule has 0 aliphatic heterocycles. The fraction of sp³-hybridized carbons (Fsp3) is 0.200. The normalized spacial score (nSPS) is 10.4. The van der Waals surface area contributed by atoms with E-state index in [0.717, 1.165) is 22.3 Å². The number of methoxy groups -OCH3 is 1. The van der Waals surface area contributed by atoms with E-state index in [0.29, 0.717) is 0 Å². The first-order chi connectivity index (χ1) is 8.74. The van der Waals surface area contributed by atoms with E-state index in [1.165, 1.54) is 11.1 Å². The van der Waals surface area contributed by atoms with E-state index in [2.05, 4.69) is 45.5 Å². The molecule has 0 aromatic heterocycles. The highest BCUT2D eigenvalue weighted by Gasteiger charge is 2.05. The molecule has 2 nitrogen and oxygen atoms in total. The molecule has 0 saturated heterocycles. The van der Waals surface area contributed by atoms with Crippen LogP contribution in [0.25, 0.3) is 11.1 Å².